The molecule has 0 aliphatic carbocycles. The van der Waals surface area contributed by atoms with Crippen molar-refractivity contribution in [1.82, 2.24) is 9.38 Å². The minimum atomic E-state index is 0.0747. The van der Waals surface area contributed by atoms with Crippen LogP contribution < -0.4 is 0 Å². The Bertz CT molecular complexity index is 1340. The molecule has 2 heterocycles. The summed E-state index contributed by atoms with van der Waals surface area (Å²) in [5, 5.41) is 14.2. The maximum Gasteiger partial charge on any atom is 0.238 e. The molecule has 0 radical (unpaired) electrons. The van der Waals surface area contributed by atoms with E-state index in [1.165, 1.54) is 10.9 Å². The minimum Gasteiger partial charge on any atom is -0.492 e. The monoisotopic (exact) mass is 352 g/mol. The van der Waals surface area contributed by atoms with Gasteiger partial charge < -0.3 is 5.11 Å². The molecular weight excluding hydrogens is 332 g/mol. The van der Waals surface area contributed by atoms with Crippen LogP contribution in [-0.4, -0.2) is 14.5 Å². The van der Waals surface area contributed by atoms with E-state index in [9.17, 15) is 5.11 Å². The number of pyridine rings is 1. The van der Waals surface area contributed by atoms with Crippen LogP contribution in [0.1, 0.15) is 16.7 Å². The van der Waals surface area contributed by atoms with Gasteiger partial charge in [-0.3, -0.25) is 4.40 Å². The summed E-state index contributed by atoms with van der Waals surface area (Å²) in [5.41, 5.74) is 7.11. The predicted molar refractivity (Wildman–Crippen MR) is 112 cm³/mol. The maximum atomic E-state index is 10.9. The van der Waals surface area contributed by atoms with E-state index < -0.39 is 0 Å². The summed E-state index contributed by atoms with van der Waals surface area (Å²) in [6, 6.07) is 20.9. The highest BCUT2D eigenvalue weighted by Crippen LogP contribution is 2.39. The van der Waals surface area contributed by atoms with Crippen LogP contribution >= 0.6 is 0 Å². The number of aromatic nitrogens is 2. The average molecular weight is 352 g/mol. The van der Waals surface area contributed by atoms with E-state index in [0.717, 1.165) is 44.3 Å². The van der Waals surface area contributed by atoms with Crippen LogP contribution in [0.15, 0.2) is 60.7 Å². The lowest BCUT2D eigenvalue weighted by Crippen LogP contribution is -1.97. The standard InChI is InChI=1S/C24H20N2O/c1-14-11-12-20-19(13-14)17-9-4-5-10-18(17)23-25-24(27)22(26(20)23)21-15(2)7-6-8-16(21)3/h4-13,27H,1-3H3. The molecule has 0 saturated heterocycles. The fourth-order valence-electron chi connectivity index (χ4n) is 4.21. The van der Waals surface area contributed by atoms with Gasteiger partial charge >= 0.3 is 0 Å². The number of hydrogen-bond donors (Lipinski definition) is 1. The van der Waals surface area contributed by atoms with Gasteiger partial charge in [-0.1, -0.05) is 54.1 Å². The molecule has 1 N–H and O–H groups in total. The van der Waals surface area contributed by atoms with Gasteiger partial charge in [-0.15, -0.1) is 0 Å². The van der Waals surface area contributed by atoms with E-state index in [0.29, 0.717) is 0 Å². The van der Waals surface area contributed by atoms with E-state index in [1.807, 2.05) is 12.1 Å². The van der Waals surface area contributed by atoms with Crippen LogP contribution in [0.5, 0.6) is 5.88 Å². The Balaban J connectivity index is 2.10. The number of nitrogens with zero attached hydrogens (tertiary/aromatic N) is 2. The molecule has 0 spiro atoms. The second kappa shape index (κ2) is 5.58. The first-order chi connectivity index (χ1) is 13.1. The normalized spacial score (nSPS) is 11.7. The molecule has 0 aliphatic heterocycles. The third kappa shape index (κ3) is 2.18. The Morgan fingerprint density at radius 3 is 2.22 bits per heavy atom. The van der Waals surface area contributed by atoms with Gasteiger partial charge in [0, 0.05) is 16.3 Å². The molecule has 0 bridgehead atoms. The van der Waals surface area contributed by atoms with Crippen molar-refractivity contribution >= 4 is 27.3 Å². The Morgan fingerprint density at radius 1 is 0.778 bits per heavy atom. The van der Waals surface area contributed by atoms with Crippen molar-refractivity contribution in [2.75, 3.05) is 0 Å². The molecule has 2 aromatic heterocycles. The molecule has 132 valence electrons. The van der Waals surface area contributed by atoms with Crippen molar-refractivity contribution in [2.24, 2.45) is 0 Å². The zero-order chi connectivity index (χ0) is 18.7. The average Bonchev–Trinajstić information content (AvgIpc) is 2.99. The molecule has 0 saturated carbocycles. The van der Waals surface area contributed by atoms with Crippen LogP contribution in [0.25, 0.3) is 38.6 Å². The summed E-state index contributed by atoms with van der Waals surface area (Å²) in [6.07, 6.45) is 0. The smallest absolute Gasteiger partial charge is 0.238 e. The second-order valence-corrected chi connectivity index (χ2v) is 7.28. The molecule has 3 nitrogen and oxygen atoms in total. The highest BCUT2D eigenvalue weighted by Gasteiger charge is 2.21. The molecule has 27 heavy (non-hydrogen) atoms. The van der Waals surface area contributed by atoms with Gasteiger partial charge in [0.05, 0.1) is 5.52 Å². The number of rotatable bonds is 1. The highest BCUT2D eigenvalue weighted by molar-refractivity contribution is 6.12. The number of aromatic hydroxyl groups is 1. The van der Waals surface area contributed by atoms with Gasteiger partial charge in [-0.2, -0.15) is 4.98 Å². The van der Waals surface area contributed by atoms with E-state index in [1.54, 1.807) is 0 Å². The summed E-state index contributed by atoms with van der Waals surface area (Å²) in [4.78, 5) is 4.59. The number of fused-ring (bicyclic) bond motifs is 6. The summed E-state index contributed by atoms with van der Waals surface area (Å²) >= 11 is 0. The lowest BCUT2D eigenvalue weighted by molar-refractivity contribution is 0.459. The Labute approximate surface area is 157 Å². The fraction of sp³-hybridized carbons (Fsp3) is 0.125. The zero-order valence-electron chi connectivity index (χ0n) is 15.6. The van der Waals surface area contributed by atoms with Crippen molar-refractivity contribution in [1.29, 1.82) is 0 Å². The molecule has 3 aromatic carbocycles. The number of aryl methyl sites for hydroxylation is 3. The Hall–Kier alpha value is -3.33. The first-order valence-electron chi connectivity index (χ1n) is 9.15. The number of benzene rings is 3. The molecule has 3 heteroatoms. The molecular formula is C24H20N2O. The van der Waals surface area contributed by atoms with Gasteiger partial charge in [-0.25, -0.2) is 0 Å². The SMILES string of the molecule is Cc1ccc2c(c1)c1ccccc1c1nc(O)c(-c3c(C)cccc3C)n21. The molecule has 0 unspecified atom stereocenters. The first-order valence-corrected chi connectivity index (χ1v) is 9.15. The molecule has 5 rings (SSSR count). The van der Waals surface area contributed by atoms with E-state index in [2.05, 4.69) is 78.7 Å². The van der Waals surface area contributed by atoms with Gasteiger partial charge in [0.1, 0.15) is 11.3 Å². The lowest BCUT2D eigenvalue weighted by atomic mass is 9.99. The quantitative estimate of drug-likeness (QED) is 0.379. The lowest BCUT2D eigenvalue weighted by Gasteiger charge is -2.14. The van der Waals surface area contributed by atoms with Crippen LogP contribution in [0, 0.1) is 20.8 Å². The molecule has 0 atom stereocenters. The first kappa shape index (κ1) is 15.9. The second-order valence-electron chi connectivity index (χ2n) is 7.28. The molecule has 0 aliphatic rings. The summed E-state index contributed by atoms with van der Waals surface area (Å²) in [6.45, 7) is 6.26. The van der Waals surface area contributed by atoms with Crippen molar-refractivity contribution in [2.45, 2.75) is 20.8 Å². The molecule has 5 aromatic rings. The van der Waals surface area contributed by atoms with Gasteiger partial charge in [0.2, 0.25) is 5.88 Å². The van der Waals surface area contributed by atoms with Crippen molar-refractivity contribution in [3.63, 3.8) is 0 Å². The maximum absolute atomic E-state index is 10.9. The van der Waals surface area contributed by atoms with Crippen molar-refractivity contribution in [3.05, 3.63) is 77.4 Å². The third-order valence-electron chi connectivity index (χ3n) is 5.43. The van der Waals surface area contributed by atoms with Crippen LogP contribution in [0.4, 0.5) is 0 Å². The molecule has 0 amide bonds. The third-order valence-corrected chi connectivity index (χ3v) is 5.43. The van der Waals surface area contributed by atoms with Crippen LogP contribution in [-0.2, 0) is 0 Å². The summed E-state index contributed by atoms with van der Waals surface area (Å²) < 4.78 is 2.11. The minimum absolute atomic E-state index is 0.0747. The van der Waals surface area contributed by atoms with Gasteiger partial charge in [0.25, 0.3) is 0 Å². The van der Waals surface area contributed by atoms with E-state index in [4.69, 9.17) is 0 Å². The van der Waals surface area contributed by atoms with E-state index in [-0.39, 0.29) is 5.88 Å². The van der Waals surface area contributed by atoms with Gasteiger partial charge in [0.15, 0.2) is 0 Å². The van der Waals surface area contributed by atoms with E-state index >= 15 is 0 Å². The van der Waals surface area contributed by atoms with Crippen molar-refractivity contribution in [3.8, 4) is 17.1 Å². The van der Waals surface area contributed by atoms with Crippen molar-refractivity contribution < 1.29 is 5.11 Å². The van der Waals surface area contributed by atoms with Crippen LogP contribution in [0.3, 0.4) is 0 Å². The van der Waals surface area contributed by atoms with Gasteiger partial charge in [-0.05, 0) is 49.4 Å². The number of hydrogen-bond acceptors (Lipinski definition) is 2. The highest BCUT2D eigenvalue weighted by atomic mass is 16.3. The fourth-order valence-corrected chi connectivity index (χ4v) is 4.21. The Morgan fingerprint density at radius 2 is 1.48 bits per heavy atom. The zero-order valence-corrected chi connectivity index (χ0v) is 15.6. The van der Waals surface area contributed by atoms with Crippen LogP contribution in [0.2, 0.25) is 0 Å². The summed E-state index contributed by atoms with van der Waals surface area (Å²) in [5.74, 6) is 0.0747. The predicted octanol–water partition coefficient (Wildman–Crippen LogP) is 5.94. The topological polar surface area (TPSA) is 37.5 Å². The number of imidazole rings is 1. The summed E-state index contributed by atoms with van der Waals surface area (Å²) in [7, 11) is 0. The molecule has 0 fully saturated rings. The Kier molecular flexibility index (Phi) is 3.28. The largest absolute Gasteiger partial charge is 0.492 e.